The van der Waals surface area contributed by atoms with Crippen molar-refractivity contribution in [2.45, 2.75) is 200 Å². The van der Waals surface area contributed by atoms with Crippen LogP contribution in [0.5, 0.6) is 0 Å². The van der Waals surface area contributed by atoms with E-state index in [2.05, 4.69) is 6.92 Å². The van der Waals surface area contributed by atoms with E-state index in [9.17, 15) is 19.0 Å². The van der Waals surface area contributed by atoms with Crippen molar-refractivity contribution in [3.63, 3.8) is 0 Å². The first-order valence-corrected chi connectivity index (χ1v) is 22.2. The van der Waals surface area contributed by atoms with E-state index in [1.165, 1.54) is 128 Å². The molecule has 0 aliphatic rings. The number of carbonyl (C=O) groups excluding carboxylic acids is 2. The summed E-state index contributed by atoms with van der Waals surface area (Å²) in [7, 11) is 1.17. The summed E-state index contributed by atoms with van der Waals surface area (Å²) >= 11 is 0. The monoisotopic (exact) mass is 734 g/mol. The molecule has 2 atom stereocenters. The molecule has 0 fully saturated rings. The molecule has 2 unspecified atom stereocenters. The Morgan fingerprint density at radius 3 is 1.32 bits per heavy atom. The second kappa shape index (κ2) is 33.8. The molecule has 0 aliphatic heterocycles. The summed E-state index contributed by atoms with van der Waals surface area (Å²) in [5, 5.41) is 0. The molecule has 0 aliphatic carbocycles. The van der Waals surface area contributed by atoms with Crippen molar-refractivity contribution in [2.24, 2.45) is 0 Å². The second-order valence-corrected chi connectivity index (χ2v) is 16.8. The molecule has 0 radical (unpaired) electrons. The number of phosphoric acid groups is 1. The fraction of sp³-hybridized carbons (Fsp3) is 0.950. The van der Waals surface area contributed by atoms with Crippen LogP contribution in [0.1, 0.15) is 194 Å². The lowest BCUT2D eigenvalue weighted by Gasteiger charge is -2.28. The molecular formula is C40H80NO8P. The molecule has 0 saturated heterocycles. The predicted molar refractivity (Wildman–Crippen MR) is 204 cm³/mol. The topological polar surface area (TPSA) is 111 Å². The number of esters is 2. The molecule has 9 nitrogen and oxygen atoms in total. The van der Waals surface area contributed by atoms with Crippen LogP contribution in [-0.4, -0.2) is 70.0 Å². The molecule has 298 valence electrons. The molecule has 0 saturated carbocycles. The smallest absolute Gasteiger partial charge is 0.306 e. The third-order valence-electron chi connectivity index (χ3n) is 9.13. The maximum Gasteiger partial charge on any atom is 0.306 e. The van der Waals surface area contributed by atoms with Gasteiger partial charge in [-0.3, -0.25) is 14.2 Å². The number of ether oxygens (including phenoxy) is 2. The van der Waals surface area contributed by atoms with E-state index >= 15 is 0 Å². The molecule has 0 spiro atoms. The van der Waals surface area contributed by atoms with Crippen LogP contribution in [0.3, 0.4) is 0 Å². The van der Waals surface area contributed by atoms with Gasteiger partial charge in [-0.25, -0.2) is 0 Å². The van der Waals surface area contributed by atoms with Gasteiger partial charge >= 0.3 is 11.9 Å². The Morgan fingerprint density at radius 1 is 0.540 bits per heavy atom. The minimum absolute atomic E-state index is 0.0271. The average Bonchev–Trinajstić information content (AvgIpc) is 3.05. The molecular weight excluding hydrogens is 653 g/mol. The summed E-state index contributed by atoms with van der Waals surface area (Å²) in [4.78, 5) is 36.8. The van der Waals surface area contributed by atoms with Crippen molar-refractivity contribution >= 4 is 19.8 Å². The number of hydrogen-bond donors (Lipinski definition) is 0. The molecule has 0 aromatic rings. The van der Waals surface area contributed by atoms with E-state index in [4.69, 9.17) is 18.5 Å². The Kier molecular flexibility index (Phi) is 33.2. The van der Waals surface area contributed by atoms with Crippen molar-refractivity contribution in [3.8, 4) is 0 Å². The number of unbranched alkanes of at least 4 members (excludes halogenated alkanes) is 24. The highest BCUT2D eigenvalue weighted by atomic mass is 31.2. The molecule has 0 heterocycles. The average molecular weight is 734 g/mol. The third-order valence-corrected chi connectivity index (χ3v) is 10.1. The van der Waals surface area contributed by atoms with Crippen LogP contribution in [0.25, 0.3) is 0 Å². The number of likely N-dealkylation sites (N-methyl/N-ethyl adjacent to an activating group) is 1. The summed E-state index contributed by atoms with van der Waals surface area (Å²) in [6.07, 6.45) is 32.3. The fourth-order valence-corrected chi connectivity index (χ4v) is 6.56. The van der Waals surface area contributed by atoms with Crippen molar-refractivity contribution in [2.75, 3.05) is 47.5 Å². The summed E-state index contributed by atoms with van der Waals surface area (Å²) < 4.78 is 33.4. The minimum Gasteiger partial charge on any atom is -0.756 e. The normalized spacial score (nSPS) is 13.6. The van der Waals surface area contributed by atoms with Crippen molar-refractivity contribution in [1.29, 1.82) is 0 Å². The van der Waals surface area contributed by atoms with Gasteiger partial charge in [0.05, 0.1) is 27.7 Å². The van der Waals surface area contributed by atoms with Crippen molar-refractivity contribution < 1.29 is 42.1 Å². The van der Waals surface area contributed by atoms with Crippen LogP contribution >= 0.6 is 7.82 Å². The van der Waals surface area contributed by atoms with Gasteiger partial charge in [-0.2, -0.15) is 0 Å². The fourth-order valence-electron chi connectivity index (χ4n) is 5.83. The summed E-state index contributed by atoms with van der Waals surface area (Å²) in [5.41, 5.74) is 0. The van der Waals surface area contributed by atoms with Gasteiger partial charge in [0.25, 0.3) is 7.82 Å². The molecule has 50 heavy (non-hydrogen) atoms. The van der Waals surface area contributed by atoms with Gasteiger partial charge in [0.1, 0.15) is 19.8 Å². The largest absolute Gasteiger partial charge is 0.756 e. The summed E-state index contributed by atoms with van der Waals surface area (Å²) in [5.74, 6) is -0.852. The van der Waals surface area contributed by atoms with E-state index in [1.54, 1.807) is 0 Å². The Balaban J connectivity index is 3.95. The Morgan fingerprint density at radius 2 is 0.900 bits per heavy atom. The van der Waals surface area contributed by atoms with Crippen molar-refractivity contribution in [3.05, 3.63) is 0 Å². The lowest BCUT2D eigenvalue weighted by Crippen LogP contribution is -2.37. The molecule has 10 heteroatoms. The Hall–Kier alpha value is -0.990. The van der Waals surface area contributed by atoms with Gasteiger partial charge < -0.3 is 27.9 Å². The number of phosphoric ester groups is 1. The van der Waals surface area contributed by atoms with Gasteiger partial charge in [0, 0.05) is 12.8 Å². The highest BCUT2D eigenvalue weighted by molar-refractivity contribution is 7.45. The van der Waals surface area contributed by atoms with E-state index < -0.39 is 32.5 Å². The quantitative estimate of drug-likeness (QED) is 0.0267. The Bertz CT molecular complexity index is 835. The maximum absolute atomic E-state index is 12.5. The van der Waals surface area contributed by atoms with E-state index in [1.807, 2.05) is 28.1 Å². The molecule has 0 aromatic carbocycles. The van der Waals surface area contributed by atoms with Crippen LogP contribution in [0, 0.1) is 0 Å². The third kappa shape index (κ3) is 36.8. The van der Waals surface area contributed by atoms with E-state index in [0.29, 0.717) is 23.9 Å². The number of quaternary nitrogens is 1. The zero-order valence-corrected chi connectivity index (χ0v) is 34.3. The zero-order valence-electron chi connectivity index (χ0n) is 33.4. The van der Waals surface area contributed by atoms with Gasteiger partial charge in [-0.15, -0.1) is 0 Å². The molecule has 0 aromatic heterocycles. The summed E-state index contributed by atoms with van der Waals surface area (Å²) in [6.45, 7) is 4.06. The van der Waals surface area contributed by atoms with Gasteiger partial charge in [-0.05, 0) is 12.8 Å². The number of hydrogen-bond acceptors (Lipinski definition) is 8. The first kappa shape index (κ1) is 49.0. The minimum atomic E-state index is -4.60. The Labute approximate surface area is 308 Å². The number of rotatable bonds is 38. The van der Waals surface area contributed by atoms with Gasteiger partial charge in [0.15, 0.2) is 6.10 Å². The second-order valence-electron chi connectivity index (χ2n) is 15.4. The molecule has 0 N–H and O–H groups in total. The van der Waals surface area contributed by atoms with Crippen LogP contribution < -0.4 is 4.89 Å². The van der Waals surface area contributed by atoms with Crippen LogP contribution in [-0.2, 0) is 32.7 Å². The first-order chi connectivity index (χ1) is 24.0. The lowest BCUT2D eigenvalue weighted by atomic mass is 10.0. The van der Waals surface area contributed by atoms with Crippen LogP contribution in [0.4, 0.5) is 0 Å². The number of nitrogens with zero attached hydrogens (tertiary/aromatic N) is 1. The molecule has 0 bridgehead atoms. The SMILES string of the molecule is CCCCCCCCCCCCCCCCCCCCCCCCCC(=O)OC(COC(=O)CCCCC)COP(=O)([O-])OCC[N+](C)(C)C. The van der Waals surface area contributed by atoms with Gasteiger partial charge in [-0.1, -0.05) is 168 Å². The lowest BCUT2D eigenvalue weighted by molar-refractivity contribution is -0.870. The summed E-state index contributed by atoms with van der Waals surface area (Å²) in [6, 6.07) is 0. The predicted octanol–water partition coefficient (Wildman–Crippen LogP) is 10.6. The van der Waals surface area contributed by atoms with Gasteiger partial charge in [0.2, 0.25) is 0 Å². The van der Waals surface area contributed by atoms with E-state index in [-0.39, 0.29) is 26.1 Å². The highest BCUT2D eigenvalue weighted by Gasteiger charge is 2.21. The maximum atomic E-state index is 12.5. The molecule has 0 rings (SSSR count). The highest BCUT2D eigenvalue weighted by Crippen LogP contribution is 2.38. The first-order valence-electron chi connectivity index (χ1n) is 20.7. The van der Waals surface area contributed by atoms with Crippen LogP contribution in [0.15, 0.2) is 0 Å². The molecule has 0 amide bonds. The zero-order chi connectivity index (χ0) is 37.2. The standard InChI is InChI=1S/C40H80NO8P/c1-6-8-10-11-12-13-14-15-16-17-18-19-20-21-22-23-24-25-26-27-28-29-31-33-40(43)49-38(36-46-39(42)32-30-9-7-2)37-48-50(44,45)47-35-34-41(3,4)5/h38H,6-37H2,1-5H3. The van der Waals surface area contributed by atoms with E-state index in [0.717, 1.165) is 25.7 Å². The van der Waals surface area contributed by atoms with Crippen LogP contribution in [0.2, 0.25) is 0 Å². The number of carbonyl (C=O) groups is 2. The van der Waals surface area contributed by atoms with Crippen molar-refractivity contribution in [1.82, 2.24) is 0 Å².